The van der Waals surface area contributed by atoms with E-state index in [1.54, 1.807) is 0 Å². The van der Waals surface area contributed by atoms with Gasteiger partial charge in [-0.05, 0) is 281 Å². The van der Waals surface area contributed by atoms with Gasteiger partial charge in [0.25, 0.3) is 0 Å². The minimum Gasteiger partial charge on any atom is -0.398 e. The molecule has 3 heteroatoms. The fourth-order valence-corrected chi connectivity index (χ4v) is 16.5. The molecule has 2 nitrogen and oxygen atoms in total. The molecule has 3 aliphatic rings. The highest BCUT2D eigenvalue weighted by Gasteiger charge is 2.39. The van der Waals surface area contributed by atoms with E-state index in [1.807, 2.05) is 0 Å². The molecule has 100 heavy (non-hydrogen) atoms. The van der Waals surface area contributed by atoms with Gasteiger partial charge in [-0.1, -0.05) is 270 Å². The quantitative estimate of drug-likeness (QED) is 0.146. The minimum atomic E-state index is -0.108. The number of benzene rings is 14. The molecule has 14 aromatic carbocycles. The van der Waals surface area contributed by atoms with Crippen molar-refractivity contribution in [1.29, 1.82) is 0 Å². The first-order valence-corrected chi connectivity index (χ1v) is 35.8. The van der Waals surface area contributed by atoms with Crippen LogP contribution in [0.3, 0.4) is 0 Å². The molecule has 0 fully saturated rings. The van der Waals surface area contributed by atoms with Crippen LogP contribution in [0.15, 0.2) is 314 Å². The van der Waals surface area contributed by atoms with Crippen LogP contribution < -0.4 is 10.6 Å². The van der Waals surface area contributed by atoms with Gasteiger partial charge < -0.3 is 10.6 Å². The Morgan fingerprint density at radius 2 is 0.490 bits per heavy atom. The van der Waals surface area contributed by atoms with E-state index in [0.717, 1.165) is 21.3 Å². The lowest BCUT2D eigenvalue weighted by Gasteiger charge is -2.32. The highest BCUT2D eigenvalue weighted by Crippen LogP contribution is 2.55. The SMILES string of the molecule is CC1(C)c2ccccc2-c2ccc(Br)cc21.Cc1cc(-c2cc(-c3ccccc3)cc(-c3ccccc3)c2)cc(C)c1N.Cc1cc(-c2cc(-c3ccccc3)cc(-c3ccccc3)c2)cc(C)c1N(c1ccc2c(c1)C(C)(C)c1ccccc1-2)c1ccc2c(c1)C(C)(C)c1ccccc1-2. The zero-order valence-electron chi connectivity index (χ0n) is 58.8. The molecule has 0 saturated heterocycles. The zero-order valence-corrected chi connectivity index (χ0v) is 60.4. The van der Waals surface area contributed by atoms with Crippen LogP contribution in [0.25, 0.3) is 100 Å². The van der Waals surface area contributed by atoms with E-state index in [9.17, 15) is 0 Å². The Kier molecular flexibility index (Phi) is 17.0. The molecule has 3 aliphatic carbocycles. The van der Waals surface area contributed by atoms with Crippen LogP contribution in [0.2, 0.25) is 0 Å². The lowest BCUT2D eigenvalue weighted by Crippen LogP contribution is -2.18. The topological polar surface area (TPSA) is 29.3 Å². The highest BCUT2D eigenvalue weighted by atomic mass is 79.9. The molecule has 17 rings (SSSR count). The average molecular weight is 1360 g/mol. The van der Waals surface area contributed by atoms with Gasteiger partial charge in [0, 0.05) is 37.8 Å². The molecule has 2 N–H and O–H groups in total. The second kappa shape index (κ2) is 26.1. The minimum absolute atomic E-state index is 0.108. The van der Waals surface area contributed by atoms with Gasteiger partial charge in [-0.25, -0.2) is 0 Å². The Labute approximate surface area is 600 Å². The standard InChI is InChI=1S/C56H47N.C26H23N.C15H13Br/c1-36-29-40(43-32-41(38-17-9-7-10-18-38)31-42(33-43)39-19-11-8-12-20-39)30-37(2)54(36)57(44-25-27-48-46-21-13-15-23-50(46)55(3,4)52(48)34-44)45-26-28-49-47-22-14-16-24-51(47)56(5,6)53(49)35-45;1-18-13-22(14-19(2)26(18)27)25-16-23(20-9-5-3-6-10-20)15-24(17-25)21-11-7-4-8-12-21;1-15(2)13-6-4-3-5-11(13)12-8-7-10(16)9-14(12)15/h7-35H,1-6H3;3-17H,27H2,1-2H3;3-9H,1-2H3. The number of nitrogens with two attached hydrogens (primary N) is 1. The molecule has 0 aliphatic heterocycles. The van der Waals surface area contributed by atoms with E-state index in [1.165, 1.54) is 162 Å². The van der Waals surface area contributed by atoms with Crippen LogP contribution in [-0.2, 0) is 16.2 Å². The second-order valence-corrected chi connectivity index (χ2v) is 30.0. The summed E-state index contributed by atoms with van der Waals surface area (Å²) < 4.78 is 1.16. The molecular formula is C97H83BrN2. The van der Waals surface area contributed by atoms with Gasteiger partial charge in [-0.3, -0.25) is 0 Å². The first-order chi connectivity index (χ1) is 48.3. The third kappa shape index (κ3) is 11.9. The van der Waals surface area contributed by atoms with Crippen molar-refractivity contribution in [1.82, 2.24) is 0 Å². The summed E-state index contributed by atoms with van der Waals surface area (Å²) in [5.74, 6) is 0. The maximum Gasteiger partial charge on any atom is 0.0520 e. The second-order valence-electron chi connectivity index (χ2n) is 29.0. The first-order valence-electron chi connectivity index (χ1n) is 35.0. The van der Waals surface area contributed by atoms with Crippen LogP contribution in [0.4, 0.5) is 22.7 Å². The number of nitrogens with zero attached hydrogens (tertiary/aromatic N) is 1. The number of anilines is 4. The first kappa shape index (κ1) is 65.1. The van der Waals surface area contributed by atoms with Crippen molar-refractivity contribution >= 4 is 38.7 Å². The number of aryl methyl sites for hydroxylation is 4. The molecule has 0 aromatic heterocycles. The summed E-state index contributed by atoms with van der Waals surface area (Å²) in [5, 5.41) is 0. The van der Waals surface area contributed by atoms with Crippen molar-refractivity contribution in [3.8, 4) is 100 Å². The molecule has 0 bridgehead atoms. The largest absolute Gasteiger partial charge is 0.398 e. The van der Waals surface area contributed by atoms with E-state index < -0.39 is 0 Å². The van der Waals surface area contributed by atoms with Gasteiger partial charge in [0.2, 0.25) is 0 Å². The van der Waals surface area contributed by atoms with Gasteiger partial charge in [0.05, 0.1) is 5.69 Å². The number of rotatable bonds is 9. The molecule has 0 radical (unpaired) electrons. The van der Waals surface area contributed by atoms with Gasteiger partial charge in [-0.2, -0.15) is 0 Å². The maximum absolute atomic E-state index is 6.17. The van der Waals surface area contributed by atoms with Crippen molar-refractivity contribution in [2.45, 2.75) is 85.5 Å². The van der Waals surface area contributed by atoms with Gasteiger partial charge in [0.15, 0.2) is 0 Å². The molecule has 0 unspecified atom stereocenters. The summed E-state index contributed by atoms with van der Waals surface area (Å²) in [4.78, 5) is 2.53. The summed E-state index contributed by atoms with van der Waals surface area (Å²) in [6, 6.07) is 113. The number of hydrogen-bond acceptors (Lipinski definition) is 2. The fraction of sp³-hybridized carbons (Fsp3) is 0.134. The Balaban J connectivity index is 0.000000154. The predicted molar refractivity (Wildman–Crippen MR) is 430 cm³/mol. The molecule has 0 amide bonds. The number of fused-ring (bicyclic) bond motifs is 9. The fourth-order valence-electron chi connectivity index (χ4n) is 16.1. The Bertz CT molecular complexity index is 5180. The van der Waals surface area contributed by atoms with E-state index in [0.29, 0.717) is 0 Å². The summed E-state index contributed by atoms with van der Waals surface area (Å²) in [5.41, 5.74) is 46.4. The third-order valence-corrected chi connectivity index (χ3v) is 22.0. The lowest BCUT2D eigenvalue weighted by molar-refractivity contribution is 0.660. The molecule has 0 saturated carbocycles. The molecular weight excluding hydrogens is 1270 g/mol. The van der Waals surface area contributed by atoms with E-state index in [-0.39, 0.29) is 16.2 Å². The molecule has 0 heterocycles. The predicted octanol–water partition coefficient (Wildman–Crippen LogP) is 27.0. The Morgan fingerprint density at radius 1 is 0.240 bits per heavy atom. The Hall–Kier alpha value is -10.8. The number of hydrogen-bond donors (Lipinski definition) is 1. The van der Waals surface area contributed by atoms with Crippen LogP contribution >= 0.6 is 15.9 Å². The summed E-state index contributed by atoms with van der Waals surface area (Å²) in [7, 11) is 0. The average Bonchev–Trinajstić information content (AvgIpc) is 1.58. The van der Waals surface area contributed by atoms with Crippen LogP contribution in [0.5, 0.6) is 0 Å². The van der Waals surface area contributed by atoms with Gasteiger partial charge in [-0.15, -0.1) is 0 Å². The zero-order chi connectivity index (χ0) is 69.2. The number of nitrogen functional groups attached to an aromatic ring is 1. The lowest BCUT2D eigenvalue weighted by atomic mass is 9.82. The molecule has 0 spiro atoms. The monoisotopic (exact) mass is 1350 g/mol. The Morgan fingerprint density at radius 3 is 0.820 bits per heavy atom. The number of halogens is 1. The van der Waals surface area contributed by atoms with Crippen LogP contribution in [-0.4, -0.2) is 0 Å². The molecule has 488 valence electrons. The van der Waals surface area contributed by atoms with Crippen LogP contribution in [0.1, 0.15) is 97.2 Å². The highest BCUT2D eigenvalue weighted by molar-refractivity contribution is 9.10. The van der Waals surface area contributed by atoms with E-state index >= 15 is 0 Å². The third-order valence-electron chi connectivity index (χ3n) is 21.5. The van der Waals surface area contributed by atoms with E-state index in [4.69, 9.17) is 5.73 Å². The summed E-state index contributed by atoms with van der Waals surface area (Å²) in [6.45, 7) is 22.8. The van der Waals surface area contributed by atoms with Gasteiger partial charge >= 0.3 is 0 Å². The summed E-state index contributed by atoms with van der Waals surface area (Å²) in [6.07, 6.45) is 0. The normalized spacial score (nSPS) is 13.4. The maximum atomic E-state index is 6.17. The smallest absolute Gasteiger partial charge is 0.0520 e. The van der Waals surface area contributed by atoms with Crippen molar-refractivity contribution < 1.29 is 0 Å². The van der Waals surface area contributed by atoms with Crippen molar-refractivity contribution in [3.05, 3.63) is 369 Å². The van der Waals surface area contributed by atoms with Crippen molar-refractivity contribution in [3.63, 3.8) is 0 Å². The molecule has 0 atom stereocenters. The van der Waals surface area contributed by atoms with Gasteiger partial charge in [0.1, 0.15) is 0 Å². The summed E-state index contributed by atoms with van der Waals surface area (Å²) >= 11 is 3.56. The van der Waals surface area contributed by atoms with E-state index in [2.05, 4.69) is 399 Å². The van der Waals surface area contributed by atoms with Crippen molar-refractivity contribution in [2.75, 3.05) is 10.6 Å². The van der Waals surface area contributed by atoms with Crippen LogP contribution in [0, 0.1) is 27.7 Å². The molecule has 14 aromatic rings. The van der Waals surface area contributed by atoms with Crippen molar-refractivity contribution in [2.24, 2.45) is 0 Å².